The summed E-state index contributed by atoms with van der Waals surface area (Å²) in [5, 5.41) is 11.8. The third-order valence-electron chi connectivity index (χ3n) is 5.11. The largest absolute Gasteiger partial charge is 0.353 e. The quantitative estimate of drug-likeness (QED) is 0.467. The molecule has 1 aliphatic carbocycles. The first-order valence-corrected chi connectivity index (χ1v) is 12.8. The highest BCUT2D eigenvalue weighted by molar-refractivity contribution is 7.99. The van der Waals surface area contributed by atoms with Crippen molar-refractivity contribution in [3.8, 4) is 0 Å². The van der Waals surface area contributed by atoms with E-state index in [0.717, 1.165) is 31.2 Å². The molecule has 7 nitrogen and oxygen atoms in total. The average Bonchev–Trinajstić information content (AvgIpc) is 3.08. The van der Waals surface area contributed by atoms with E-state index in [2.05, 4.69) is 22.1 Å². The normalized spacial score (nSPS) is 15.1. The van der Waals surface area contributed by atoms with Gasteiger partial charge in [0.15, 0.2) is 15.0 Å². The zero-order valence-electron chi connectivity index (χ0n) is 17.2. The minimum atomic E-state index is -3.55. The number of allylic oxidation sites excluding steroid dienone is 1. The molecule has 1 aromatic carbocycles. The Kier molecular flexibility index (Phi) is 7.71. The van der Waals surface area contributed by atoms with Crippen LogP contribution in [0.3, 0.4) is 0 Å². The molecule has 0 aliphatic heterocycles. The number of hydrogen-bond acceptors (Lipinski definition) is 6. The second kappa shape index (κ2) is 10.3. The van der Waals surface area contributed by atoms with Gasteiger partial charge in [-0.25, -0.2) is 8.42 Å². The lowest BCUT2D eigenvalue weighted by atomic mass is 9.95. The number of hydrogen-bond donors (Lipinski definition) is 1. The Balaban J connectivity index is 1.67. The lowest BCUT2D eigenvalue weighted by Crippen LogP contribution is -2.37. The van der Waals surface area contributed by atoms with Gasteiger partial charge in [0.25, 0.3) is 0 Å². The Bertz CT molecular complexity index is 978. The van der Waals surface area contributed by atoms with Crippen LogP contribution >= 0.6 is 11.8 Å². The van der Waals surface area contributed by atoms with E-state index in [-0.39, 0.29) is 28.4 Å². The molecule has 0 unspecified atom stereocenters. The number of aromatic nitrogens is 3. The Morgan fingerprint density at radius 3 is 2.60 bits per heavy atom. The molecular formula is C21H28N4O3S2. The van der Waals surface area contributed by atoms with Crippen LogP contribution in [0.2, 0.25) is 0 Å². The number of rotatable bonds is 9. The van der Waals surface area contributed by atoms with Gasteiger partial charge in [0, 0.05) is 12.6 Å². The molecule has 1 aliphatic rings. The van der Waals surface area contributed by atoms with Crippen molar-refractivity contribution in [2.75, 3.05) is 5.75 Å². The van der Waals surface area contributed by atoms with Gasteiger partial charge in [0.1, 0.15) is 11.6 Å². The molecule has 0 radical (unpaired) electrons. The number of nitrogens with one attached hydrogen (secondary N) is 1. The minimum absolute atomic E-state index is 0.0334. The molecule has 1 N–H and O–H groups in total. The van der Waals surface area contributed by atoms with E-state index >= 15 is 0 Å². The molecule has 1 aromatic heterocycles. The van der Waals surface area contributed by atoms with Crippen LogP contribution in [0.25, 0.3) is 0 Å². The van der Waals surface area contributed by atoms with Crippen molar-refractivity contribution in [2.24, 2.45) is 0 Å². The smallest absolute Gasteiger partial charge is 0.230 e. The molecule has 1 saturated carbocycles. The number of carbonyl (C=O) groups excluding carboxylic acids is 1. The Hall–Kier alpha value is -2.13. The molecule has 0 atom stereocenters. The van der Waals surface area contributed by atoms with Crippen LogP contribution in [0.15, 0.2) is 47.0 Å². The first-order valence-electron chi connectivity index (χ1n) is 10.1. The van der Waals surface area contributed by atoms with Gasteiger partial charge >= 0.3 is 0 Å². The van der Waals surface area contributed by atoms with E-state index in [9.17, 15) is 13.2 Å². The fourth-order valence-electron chi connectivity index (χ4n) is 3.49. The van der Waals surface area contributed by atoms with Crippen molar-refractivity contribution in [1.29, 1.82) is 0 Å². The number of sulfone groups is 1. The molecule has 1 heterocycles. The van der Waals surface area contributed by atoms with Crippen molar-refractivity contribution in [1.82, 2.24) is 20.1 Å². The fourth-order valence-corrected chi connectivity index (χ4v) is 5.54. The topological polar surface area (TPSA) is 93.9 Å². The Morgan fingerprint density at radius 1 is 1.23 bits per heavy atom. The van der Waals surface area contributed by atoms with Gasteiger partial charge in [-0.15, -0.1) is 16.8 Å². The molecule has 2 aromatic rings. The summed E-state index contributed by atoms with van der Waals surface area (Å²) in [7, 11) is -3.55. The zero-order chi connectivity index (χ0) is 21.6. The number of benzene rings is 1. The van der Waals surface area contributed by atoms with Crippen LogP contribution in [0.1, 0.15) is 43.5 Å². The summed E-state index contributed by atoms with van der Waals surface area (Å²) in [4.78, 5) is 12.5. The van der Waals surface area contributed by atoms with Gasteiger partial charge in [0.05, 0.1) is 10.6 Å². The van der Waals surface area contributed by atoms with E-state index in [1.54, 1.807) is 34.9 Å². The molecule has 9 heteroatoms. The van der Waals surface area contributed by atoms with Crippen LogP contribution in [-0.4, -0.2) is 40.9 Å². The van der Waals surface area contributed by atoms with Gasteiger partial charge < -0.3 is 9.88 Å². The summed E-state index contributed by atoms with van der Waals surface area (Å²) >= 11 is 1.26. The highest BCUT2D eigenvalue weighted by atomic mass is 32.2. The number of carbonyl (C=O) groups is 1. The van der Waals surface area contributed by atoms with Crippen LogP contribution in [0.5, 0.6) is 0 Å². The van der Waals surface area contributed by atoms with Crippen LogP contribution in [-0.2, 0) is 26.9 Å². The minimum Gasteiger partial charge on any atom is -0.353 e. The van der Waals surface area contributed by atoms with Crippen LogP contribution in [0.4, 0.5) is 0 Å². The van der Waals surface area contributed by atoms with Crippen LogP contribution in [0, 0.1) is 6.92 Å². The van der Waals surface area contributed by atoms with Crippen molar-refractivity contribution in [2.45, 2.75) is 67.4 Å². The van der Waals surface area contributed by atoms with E-state index < -0.39 is 9.84 Å². The summed E-state index contributed by atoms with van der Waals surface area (Å²) in [6.45, 7) is 6.02. The Morgan fingerprint density at radius 2 is 1.93 bits per heavy atom. The molecule has 162 valence electrons. The number of aryl methyl sites for hydroxylation is 1. The molecule has 0 saturated heterocycles. The van der Waals surface area contributed by atoms with Crippen molar-refractivity contribution in [3.63, 3.8) is 0 Å². The second-order valence-electron chi connectivity index (χ2n) is 7.56. The zero-order valence-corrected chi connectivity index (χ0v) is 18.8. The molecule has 0 bridgehead atoms. The van der Waals surface area contributed by atoms with Crippen molar-refractivity contribution >= 4 is 27.5 Å². The average molecular weight is 449 g/mol. The van der Waals surface area contributed by atoms with Gasteiger partial charge in [-0.3, -0.25) is 4.79 Å². The third kappa shape index (κ3) is 5.95. The number of nitrogens with zero attached hydrogens (tertiary/aromatic N) is 3. The van der Waals surface area contributed by atoms with Crippen LogP contribution < -0.4 is 5.32 Å². The van der Waals surface area contributed by atoms with Crippen molar-refractivity contribution < 1.29 is 13.2 Å². The van der Waals surface area contributed by atoms with E-state index in [1.165, 1.54) is 18.2 Å². The monoisotopic (exact) mass is 448 g/mol. The molecular weight excluding hydrogens is 420 g/mol. The molecule has 3 rings (SSSR count). The van der Waals surface area contributed by atoms with E-state index in [4.69, 9.17) is 0 Å². The molecule has 1 amide bonds. The molecule has 0 spiro atoms. The van der Waals surface area contributed by atoms with Gasteiger partial charge in [-0.1, -0.05) is 54.8 Å². The van der Waals surface area contributed by atoms with Gasteiger partial charge in [0.2, 0.25) is 5.91 Å². The van der Waals surface area contributed by atoms with Crippen molar-refractivity contribution in [3.05, 3.63) is 48.3 Å². The predicted octanol–water partition coefficient (Wildman–Crippen LogP) is 3.29. The Labute approximate surface area is 182 Å². The number of amides is 1. The summed E-state index contributed by atoms with van der Waals surface area (Å²) in [6.07, 6.45) is 7.28. The predicted molar refractivity (Wildman–Crippen MR) is 118 cm³/mol. The maximum atomic E-state index is 12.8. The van der Waals surface area contributed by atoms with Gasteiger partial charge in [-0.2, -0.15) is 0 Å². The highest BCUT2D eigenvalue weighted by Crippen LogP contribution is 2.22. The first-order chi connectivity index (χ1) is 14.4. The summed E-state index contributed by atoms with van der Waals surface area (Å²) in [5.74, 6) is 0.266. The van der Waals surface area contributed by atoms with Gasteiger partial charge in [-0.05, 0) is 31.9 Å². The fraction of sp³-hybridized carbons (Fsp3) is 0.476. The standard InChI is InChI=1S/C21H28N4O3S2/c1-3-13-25-19(15-30(27,28)18-11-9-16(2)10-12-18)23-24-21(25)29-14-20(26)22-17-7-5-4-6-8-17/h3,9-12,17H,1,4-8,13-15H2,2H3,(H,22,26). The summed E-state index contributed by atoms with van der Waals surface area (Å²) < 4.78 is 27.3. The molecule has 30 heavy (non-hydrogen) atoms. The maximum Gasteiger partial charge on any atom is 0.230 e. The third-order valence-corrected chi connectivity index (χ3v) is 7.70. The van der Waals surface area contributed by atoms with E-state index in [0.29, 0.717) is 17.5 Å². The lowest BCUT2D eigenvalue weighted by molar-refractivity contribution is -0.119. The summed E-state index contributed by atoms with van der Waals surface area (Å²) in [5.41, 5.74) is 0.994. The SMILES string of the molecule is C=CCn1c(CS(=O)(=O)c2ccc(C)cc2)nnc1SCC(=O)NC1CCCCC1. The summed E-state index contributed by atoms with van der Waals surface area (Å²) in [6, 6.07) is 7.00. The second-order valence-corrected chi connectivity index (χ2v) is 10.5. The van der Waals surface area contributed by atoms with E-state index in [1.807, 2.05) is 6.92 Å². The molecule has 1 fully saturated rings. The first kappa shape index (κ1) is 22.6. The number of thioether (sulfide) groups is 1. The maximum absolute atomic E-state index is 12.8. The highest BCUT2D eigenvalue weighted by Gasteiger charge is 2.22. The lowest BCUT2D eigenvalue weighted by Gasteiger charge is -2.22.